The molecule has 1 aromatic carbocycles. The molecule has 7 heteroatoms. The van der Waals surface area contributed by atoms with E-state index in [-0.39, 0.29) is 30.3 Å². The van der Waals surface area contributed by atoms with Crippen molar-refractivity contribution >= 4 is 30.0 Å². The summed E-state index contributed by atoms with van der Waals surface area (Å²) in [7, 11) is 1.86. The summed E-state index contributed by atoms with van der Waals surface area (Å²) in [4.78, 5) is 26.4. The van der Waals surface area contributed by atoms with Crippen LogP contribution in [0.1, 0.15) is 25.3 Å². The quantitative estimate of drug-likeness (QED) is 0.708. The van der Waals surface area contributed by atoms with Gasteiger partial charge in [-0.05, 0) is 44.9 Å². The van der Waals surface area contributed by atoms with E-state index in [1.165, 1.54) is 0 Å². The standard InChI is InChI=1S/C19H30N4O2.ClH/c1-14-6-8-17(9-7-14)22-19(25)21-12-16-5-4-10-23(13-16)18(24)15(2)11-20-3;/h6-9,15-16,20H,4-5,10-13H2,1-3H3,(H2,21,22,25);1H. The number of rotatable bonds is 6. The van der Waals surface area contributed by atoms with E-state index in [1.54, 1.807) is 0 Å². The van der Waals surface area contributed by atoms with Crippen molar-refractivity contribution in [2.24, 2.45) is 11.8 Å². The van der Waals surface area contributed by atoms with Gasteiger partial charge in [-0.25, -0.2) is 4.79 Å². The Hall–Kier alpha value is -1.79. The summed E-state index contributed by atoms with van der Waals surface area (Å²) in [5.41, 5.74) is 1.94. The monoisotopic (exact) mass is 382 g/mol. The van der Waals surface area contributed by atoms with Crippen LogP contribution in [0.5, 0.6) is 0 Å². The highest BCUT2D eigenvalue weighted by Crippen LogP contribution is 2.18. The van der Waals surface area contributed by atoms with Crippen molar-refractivity contribution in [2.75, 3.05) is 38.5 Å². The Labute approximate surface area is 162 Å². The molecule has 146 valence electrons. The van der Waals surface area contributed by atoms with E-state index in [4.69, 9.17) is 0 Å². The lowest BCUT2D eigenvalue weighted by atomic mass is 9.96. The number of carbonyl (C=O) groups is 2. The number of benzene rings is 1. The van der Waals surface area contributed by atoms with Crippen molar-refractivity contribution in [3.8, 4) is 0 Å². The Morgan fingerprint density at radius 1 is 1.27 bits per heavy atom. The van der Waals surface area contributed by atoms with Gasteiger partial charge in [0.2, 0.25) is 5.91 Å². The number of halogens is 1. The minimum Gasteiger partial charge on any atom is -0.342 e. The van der Waals surface area contributed by atoms with E-state index in [2.05, 4.69) is 16.0 Å². The molecule has 6 nitrogen and oxygen atoms in total. The molecule has 3 N–H and O–H groups in total. The van der Waals surface area contributed by atoms with Gasteiger partial charge in [-0.15, -0.1) is 12.4 Å². The van der Waals surface area contributed by atoms with Crippen molar-refractivity contribution in [1.29, 1.82) is 0 Å². The van der Waals surface area contributed by atoms with Crippen LogP contribution in [0.3, 0.4) is 0 Å². The fraction of sp³-hybridized carbons (Fsp3) is 0.579. The highest BCUT2D eigenvalue weighted by molar-refractivity contribution is 5.89. The van der Waals surface area contributed by atoms with Crippen LogP contribution in [-0.4, -0.2) is 50.1 Å². The minimum atomic E-state index is -0.198. The minimum absolute atomic E-state index is 0. The predicted octanol–water partition coefficient (Wildman–Crippen LogP) is 2.63. The molecule has 1 saturated heterocycles. The number of likely N-dealkylation sites (tertiary alicyclic amines) is 1. The summed E-state index contributed by atoms with van der Waals surface area (Å²) in [6.07, 6.45) is 2.03. The molecule has 1 aromatic rings. The molecule has 0 saturated carbocycles. The van der Waals surface area contributed by atoms with Gasteiger partial charge in [0.15, 0.2) is 0 Å². The number of hydrogen-bond acceptors (Lipinski definition) is 3. The van der Waals surface area contributed by atoms with Crippen LogP contribution < -0.4 is 16.0 Å². The smallest absolute Gasteiger partial charge is 0.319 e. The van der Waals surface area contributed by atoms with E-state index < -0.39 is 0 Å². The first kappa shape index (κ1) is 22.3. The third-order valence-electron chi connectivity index (χ3n) is 4.62. The average Bonchev–Trinajstić information content (AvgIpc) is 2.62. The molecular formula is C19H31ClN4O2. The third-order valence-corrected chi connectivity index (χ3v) is 4.62. The van der Waals surface area contributed by atoms with Crippen LogP contribution in [0.25, 0.3) is 0 Å². The van der Waals surface area contributed by atoms with Crippen molar-refractivity contribution in [1.82, 2.24) is 15.5 Å². The molecule has 3 amide bonds. The van der Waals surface area contributed by atoms with Gasteiger partial charge in [0.05, 0.1) is 0 Å². The summed E-state index contributed by atoms with van der Waals surface area (Å²) in [5.74, 6) is 0.493. The predicted molar refractivity (Wildman–Crippen MR) is 108 cm³/mol. The van der Waals surface area contributed by atoms with Crippen LogP contribution in [0, 0.1) is 18.8 Å². The largest absolute Gasteiger partial charge is 0.342 e. The van der Waals surface area contributed by atoms with Crippen LogP contribution in [0.4, 0.5) is 10.5 Å². The van der Waals surface area contributed by atoms with E-state index in [1.807, 2.05) is 50.1 Å². The second kappa shape index (κ2) is 11.0. The van der Waals surface area contributed by atoms with Gasteiger partial charge in [-0.1, -0.05) is 24.6 Å². The molecule has 0 bridgehead atoms. The Morgan fingerprint density at radius 3 is 2.62 bits per heavy atom. The van der Waals surface area contributed by atoms with Gasteiger partial charge in [-0.3, -0.25) is 4.79 Å². The molecule has 1 aliphatic heterocycles. The Bertz CT molecular complexity index is 579. The third kappa shape index (κ3) is 6.84. The molecule has 1 aliphatic rings. The Morgan fingerprint density at radius 2 is 1.96 bits per heavy atom. The van der Waals surface area contributed by atoms with Gasteiger partial charge in [0.25, 0.3) is 0 Å². The lowest BCUT2D eigenvalue weighted by Gasteiger charge is -2.34. The number of nitrogens with zero attached hydrogens (tertiary/aromatic N) is 1. The van der Waals surface area contributed by atoms with Crippen molar-refractivity contribution in [3.05, 3.63) is 29.8 Å². The first-order valence-electron chi connectivity index (χ1n) is 9.04. The number of hydrogen-bond donors (Lipinski definition) is 3. The molecule has 2 rings (SSSR count). The van der Waals surface area contributed by atoms with Gasteiger partial charge in [0.1, 0.15) is 0 Å². The molecule has 0 aromatic heterocycles. The van der Waals surface area contributed by atoms with Crippen LogP contribution in [0.2, 0.25) is 0 Å². The van der Waals surface area contributed by atoms with Crippen LogP contribution in [-0.2, 0) is 4.79 Å². The zero-order chi connectivity index (χ0) is 18.2. The van der Waals surface area contributed by atoms with Gasteiger partial charge in [0, 0.05) is 37.8 Å². The van der Waals surface area contributed by atoms with E-state index in [9.17, 15) is 9.59 Å². The fourth-order valence-corrected chi connectivity index (χ4v) is 3.19. The van der Waals surface area contributed by atoms with Crippen molar-refractivity contribution in [3.63, 3.8) is 0 Å². The number of anilines is 1. The highest BCUT2D eigenvalue weighted by atomic mass is 35.5. The molecule has 2 unspecified atom stereocenters. The van der Waals surface area contributed by atoms with E-state index in [0.717, 1.165) is 37.2 Å². The summed E-state index contributed by atoms with van der Waals surface area (Å²) in [6.45, 7) is 6.78. The number of carbonyl (C=O) groups excluding carboxylic acids is 2. The second-order valence-electron chi connectivity index (χ2n) is 6.95. The molecule has 1 heterocycles. The number of nitrogens with one attached hydrogen (secondary N) is 3. The second-order valence-corrected chi connectivity index (χ2v) is 6.95. The van der Waals surface area contributed by atoms with Gasteiger partial charge >= 0.3 is 6.03 Å². The number of urea groups is 1. The summed E-state index contributed by atoms with van der Waals surface area (Å²) in [6, 6.07) is 7.51. The molecule has 1 fully saturated rings. The number of aryl methyl sites for hydroxylation is 1. The topological polar surface area (TPSA) is 73.5 Å². The zero-order valence-electron chi connectivity index (χ0n) is 15.9. The first-order chi connectivity index (χ1) is 12.0. The molecule has 26 heavy (non-hydrogen) atoms. The molecule has 0 spiro atoms. The van der Waals surface area contributed by atoms with Crippen molar-refractivity contribution < 1.29 is 9.59 Å². The Balaban J connectivity index is 0.00000338. The summed E-state index contributed by atoms with van der Waals surface area (Å²) >= 11 is 0. The van der Waals surface area contributed by atoms with Crippen LogP contribution in [0.15, 0.2) is 24.3 Å². The normalized spacial score (nSPS) is 17.8. The lowest BCUT2D eigenvalue weighted by molar-refractivity contribution is -0.136. The molecule has 0 radical (unpaired) electrons. The summed E-state index contributed by atoms with van der Waals surface area (Å²) in [5, 5.41) is 8.82. The van der Waals surface area contributed by atoms with Crippen LogP contribution >= 0.6 is 12.4 Å². The lowest BCUT2D eigenvalue weighted by Crippen LogP contribution is -2.47. The number of amides is 3. The van der Waals surface area contributed by atoms with Gasteiger partial charge < -0.3 is 20.9 Å². The average molecular weight is 383 g/mol. The van der Waals surface area contributed by atoms with Crippen molar-refractivity contribution in [2.45, 2.75) is 26.7 Å². The highest BCUT2D eigenvalue weighted by Gasteiger charge is 2.26. The maximum atomic E-state index is 12.4. The number of piperidine rings is 1. The fourth-order valence-electron chi connectivity index (χ4n) is 3.19. The van der Waals surface area contributed by atoms with Gasteiger partial charge in [-0.2, -0.15) is 0 Å². The summed E-state index contributed by atoms with van der Waals surface area (Å²) < 4.78 is 0. The maximum Gasteiger partial charge on any atom is 0.319 e. The zero-order valence-corrected chi connectivity index (χ0v) is 16.7. The molecule has 2 atom stereocenters. The molecular weight excluding hydrogens is 352 g/mol. The van der Waals surface area contributed by atoms with E-state index in [0.29, 0.717) is 19.0 Å². The Kier molecular flexibility index (Phi) is 9.44. The SMILES string of the molecule is CNCC(C)C(=O)N1CCCC(CNC(=O)Nc2ccc(C)cc2)C1.Cl. The van der Waals surface area contributed by atoms with E-state index >= 15 is 0 Å². The first-order valence-corrected chi connectivity index (χ1v) is 9.04. The maximum absolute atomic E-state index is 12.4. The molecule has 0 aliphatic carbocycles.